The molecular formula is C5H4B. The quantitative estimate of drug-likeness (QED) is 0.296. The third-order valence-electron chi connectivity index (χ3n) is 0.607. The predicted molar refractivity (Wildman–Crippen MR) is 27.5 cm³/mol. The van der Waals surface area contributed by atoms with Crippen molar-refractivity contribution < 1.29 is 0 Å². The molecule has 0 saturated heterocycles. The fourth-order valence-electron chi connectivity index (χ4n) is 0.342. The predicted octanol–water partition coefficient (Wildman–Crippen LogP) is 0.887. The van der Waals surface area contributed by atoms with Gasteiger partial charge in [0.25, 0.3) is 0 Å². The van der Waals surface area contributed by atoms with Gasteiger partial charge in [-0.3, -0.25) is 0 Å². The summed E-state index contributed by atoms with van der Waals surface area (Å²) >= 11 is 0. The second-order valence-electron chi connectivity index (χ2n) is 1.08. The zero-order valence-electron chi connectivity index (χ0n) is 3.39. The lowest BCUT2D eigenvalue weighted by molar-refractivity contribution is 2.01. The lowest BCUT2D eigenvalue weighted by Gasteiger charge is -1.75. The van der Waals surface area contributed by atoms with Gasteiger partial charge < -0.3 is 0 Å². The molecule has 1 rings (SSSR count). The first-order valence-corrected chi connectivity index (χ1v) is 1.91. The van der Waals surface area contributed by atoms with E-state index in [2.05, 4.69) is 5.73 Å². The molecule has 0 aromatic carbocycles. The minimum absolute atomic E-state index is 1.88. The normalized spacial score (nSPS) is 14.7. The molecule has 0 bridgehead atoms. The minimum atomic E-state index is 1.88. The third kappa shape index (κ3) is 0.634. The van der Waals surface area contributed by atoms with Gasteiger partial charge in [0.05, 0.1) is 0 Å². The zero-order chi connectivity index (χ0) is 4.24. The molecule has 0 aromatic heterocycles. The highest BCUT2D eigenvalue weighted by molar-refractivity contribution is 6.48. The van der Waals surface area contributed by atoms with Crippen LogP contribution < -0.4 is 0 Å². The molecule has 0 atom stereocenters. The van der Waals surface area contributed by atoms with Crippen LogP contribution in [0.2, 0.25) is 0 Å². The topological polar surface area (TPSA) is 0 Å². The second kappa shape index (κ2) is 1.69. The van der Waals surface area contributed by atoms with Crippen molar-refractivity contribution in [3.8, 4) is 0 Å². The van der Waals surface area contributed by atoms with Crippen LogP contribution in [0, 0.1) is 0 Å². The van der Waals surface area contributed by atoms with E-state index in [1.165, 1.54) is 0 Å². The second-order valence-corrected chi connectivity index (χ2v) is 1.08. The molecule has 1 radical (unpaired) electrons. The molecule has 1 heterocycles. The molecule has 1 aliphatic heterocycles. The van der Waals surface area contributed by atoms with E-state index >= 15 is 0 Å². The molecule has 6 heavy (non-hydrogen) atoms. The van der Waals surface area contributed by atoms with Crippen LogP contribution in [0.25, 0.3) is 0 Å². The van der Waals surface area contributed by atoms with Gasteiger partial charge in [-0.25, -0.2) is 0 Å². The fraction of sp³-hybridized carbons (Fsp3) is 0. The maximum atomic E-state index is 2.89. The Morgan fingerprint density at radius 3 is 2.67 bits per heavy atom. The number of allylic oxidation sites excluding steroid dienone is 2. The molecular weight excluding hydrogens is 70.9 g/mol. The van der Waals surface area contributed by atoms with E-state index in [0.717, 1.165) is 0 Å². The summed E-state index contributed by atoms with van der Waals surface area (Å²) in [4.78, 5) is 0. The van der Waals surface area contributed by atoms with Crippen molar-refractivity contribution in [2.45, 2.75) is 0 Å². The van der Waals surface area contributed by atoms with Gasteiger partial charge >= 0.3 is 0 Å². The summed E-state index contributed by atoms with van der Waals surface area (Å²) in [7, 11) is 1.94. The lowest BCUT2D eigenvalue weighted by Crippen LogP contribution is -1.75. The van der Waals surface area contributed by atoms with Crippen molar-refractivity contribution >= 4 is 7.28 Å². The van der Waals surface area contributed by atoms with E-state index in [0.29, 0.717) is 0 Å². The van der Waals surface area contributed by atoms with Gasteiger partial charge in [-0.15, -0.1) is 11.7 Å². The van der Waals surface area contributed by atoms with Gasteiger partial charge in [0, 0.05) is 0 Å². The van der Waals surface area contributed by atoms with Gasteiger partial charge in [0.1, 0.15) is 0 Å². The highest BCUT2D eigenvalue weighted by Gasteiger charge is 1.72. The van der Waals surface area contributed by atoms with Crippen LogP contribution in [0.15, 0.2) is 29.8 Å². The van der Waals surface area contributed by atoms with Crippen molar-refractivity contribution in [1.29, 1.82) is 0 Å². The van der Waals surface area contributed by atoms with Crippen LogP contribution >= 0.6 is 0 Å². The Hall–Kier alpha value is -0.675. The van der Waals surface area contributed by atoms with Crippen molar-refractivity contribution in [2.24, 2.45) is 0 Å². The molecule has 0 fully saturated rings. The first-order valence-electron chi connectivity index (χ1n) is 1.91. The molecule has 0 unspecified atom stereocenters. The summed E-state index contributed by atoms with van der Waals surface area (Å²) in [6, 6.07) is 0. The van der Waals surface area contributed by atoms with Gasteiger partial charge in [-0.2, -0.15) is 0 Å². The monoisotopic (exact) mass is 75.0 g/mol. The maximum Gasteiger partial charge on any atom is 0.181 e. The Labute approximate surface area is 38.1 Å². The third-order valence-corrected chi connectivity index (χ3v) is 0.607. The van der Waals surface area contributed by atoms with Gasteiger partial charge in [0.15, 0.2) is 7.28 Å². The van der Waals surface area contributed by atoms with E-state index in [-0.39, 0.29) is 0 Å². The largest absolute Gasteiger partial charge is 0.181 e. The maximum absolute atomic E-state index is 2.89. The molecule has 0 aliphatic carbocycles. The van der Waals surface area contributed by atoms with E-state index < -0.39 is 0 Å². The van der Waals surface area contributed by atoms with E-state index in [4.69, 9.17) is 0 Å². The molecule has 1 heteroatoms. The SMILES string of the molecule is [B]1C=C=CC=C1. The Morgan fingerprint density at radius 2 is 2.50 bits per heavy atom. The number of hydrogen-bond acceptors (Lipinski definition) is 0. The van der Waals surface area contributed by atoms with Gasteiger partial charge in [-0.1, -0.05) is 12.1 Å². The number of hydrogen-bond donors (Lipinski definition) is 0. The molecule has 1 aliphatic rings. The van der Waals surface area contributed by atoms with E-state index in [1.807, 2.05) is 31.4 Å². The summed E-state index contributed by atoms with van der Waals surface area (Å²) in [5, 5.41) is 0. The molecule has 0 amide bonds. The van der Waals surface area contributed by atoms with Gasteiger partial charge in [-0.05, 0) is 6.08 Å². The Balaban J connectivity index is 2.78. The highest BCUT2D eigenvalue weighted by Crippen LogP contribution is 1.78. The first-order chi connectivity index (χ1) is 3.00. The van der Waals surface area contributed by atoms with Crippen LogP contribution in [0.3, 0.4) is 0 Å². The van der Waals surface area contributed by atoms with Crippen LogP contribution in [-0.4, -0.2) is 7.28 Å². The highest BCUT2D eigenvalue weighted by atomic mass is 13.6. The van der Waals surface area contributed by atoms with E-state index in [9.17, 15) is 0 Å². The van der Waals surface area contributed by atoms with Crippen molar-refractivity contribution in [2.75, 3.05) is 0 Å². The van der Waals surface area contributed by atoms with E-state index in [1.54, 1.807) is 0 Å². The fourth-order valence-corrected chi connectivity index (χ4v) is 0.342. The average molecular weight is 74.9 g/mol. The van der Waals surface area contributed by atoms with Crippen LogP contribution in [-0.2, 0) is 0 Å². The Morgan fingerprint density at radius 1 is 1.50 bits per heavy atom. The molecule has 27 valence electrons. The Kier molecular flexibility index (Phi) is 0.987. The summed E-state index contributed by atoms with van der Waals surface area (Å²) in [5.74, 6) is 3.84. The summed E-state index contributed by atoms with van der Waals surface area (Å²) in [6.07, 6.45) is 3.82. The molecule has 0 nitrogen and oxygen atoms in total. The minimum Gasteiger partial charge on any atom is -0.135 e. The van der Waals surface area contributed by atoms with Crippen molar-refractivity contribution in [3.05, 3.63) is 29.8 Å². The summed E-state index contributed by atoms with van der Waals surface area (Å²) in [6.45, 7) is 0. The Bertz CT molecular complexity index is 116. The first kappa shape index (κ1) is 3.51. The van der Waals surface area contributed by atoms with Crippen molar-refractivity contribution in [1.82, 2.24) is 0 Å². The standard InChI is InChI=1S/C5H4B/c1-2-4-6-5-3-1/h1-2,4-5H. The zero-order valence-corrected chi connectivity index (χ0v) is 3.39. The number of rotatable bonds is 0. The van der Waals surface area contributed by atoms with Gasteiger partial charge in [0.2, 0.25) is 0 Å². The smallest absolute Gasteiger partial charge is 0.135 e. The summed E-state index contributed by atoms with van der Waals surface area (Å²) < 4.78 is 0. The van der Waals surface area contributed by atoms with Crippen LogP contribution in [0.4, 0.5) is 0 Å². The van der Waals surface area contributed by atoms with Crippen LogP contribution in [0.1, 0.15) is 0 Å². The molecule has 0 saturated carbocycles. The molecule has 0 spiro atoms. The summed E-state index contributed by atoms with van der Waals surface area (Å²) in [5.41, 5.74) is 2.89. The molecule has 0 N–H and O–H groups in total. The van der Waals surface area contributed by atoms with Crippen LogP contribution in [0.5, 0.6) is 0 Å². The average Bonchev–Trinajstić information content (AvgIpc) is 1.72. The molecule has 0 aromatic rings. The van der Waals surface area contributed by atoms with Crippen molar-refractivity contribution in [3.63, 3.8) is 0 Å². The lowest BCUT2D eigenvalue weighted by atomic mass is 9.77.